The van der Waals surface area contributed by atoms with Gasteiger partial charge in [0, 0.05) is 11.6 Å². The van der Waals surface area contributed by atoms with E-state index in [2.05, 4.69) is 4.74 Å². The Morgan fingerprint density at radius 3 is 2.26 bits per heavy atom. The number of cyclic esters (lactones) is 1. The highest BCUT2D eigenvalue weighted by Gasteiger charge is 2.41. The number of ether oxygens (including phenoxy) is 3. The van der Waals surface area contributed by atoms with Gasteiger partial charge in [-0.1, -0.05) is 31.5 Å². The van der Waals surface area contributed by atoms with Gasteiger partial charge in [0.15, 0.2) is 0 Å². The van der Waals surface area contributed by atoms with Crippen LogP contribution >= 0.6 is 0 Å². The van der Waals surface area contributed by atoms with Crippen LogP contribution < -0.4 is 9.47 Å². The topological polar surface area (TPSA) is 48.0 Å². The Kier molecular flexibility index (Phi) is 8.39. The van der Waals surface area contributed by atoms with Crippen LogP contribution in [0, 0.1) is 12.7 Å². The van der Waals surface area contributed by atoms with Crippen LogP contribution in [0.1, 0.15) is 60.6 Å². The quantitative estimate of drug-likeness (QED) is 0.255. The first kappa shape index (κ1) is 31.0. The summed E-state index contributed by atoms with van der Waals surface area (Å²) in [6.45, 7) is 6.30. The van der Waals surface area contributed by atoms with E-state index >= 15 is 0 Å². The Morgan fingerprint density at radius 2 is 1.67 bits per heavy atom. The molecular formula is C30H28F7NO4. The number of amides is 1. The molecule has 3 aromatic carbocycles. The molecule has 1 heterocycles. The summed E-state index contributed by atoms with van der Waals surface area (Å²) in [6.07, 6.45) is -11.6. The van der Waals surface area contributed by atoms with E-state index in [-0.39, 0.29) is 29.3 Å². The maximum atomic E-state index is 14.7. The maximum Gasteiger partial charge on any atom is 0.573 e. The lowest BCUT2D eigenvalue weighted by molar-refractivity contribution is -0.274. The third-order valence-corrected chi connectivity index (χ3v) is 7.03. The maximum absolute atomic E-state index is 14.7. The van der Waals surface area contributed by atoms with Gasteiger partial charge >= 0.3 is 18.6 Å². The first-order chi connectivity index (χ1) is 19.5. The van der Waals surface area contributed by atoms with Crippen molar-refractivity contribution in [2.24, 2.45) is 0 Å². The van der Waals surface area contributed by atoms with E-state index < -0.39 is 47.9 Å². The normalized spacial score (nSPS) is 17.5. The Morgan fingerprint density at radius 1 is 0.976 bits per heavy atom. The van der Waals surface area contributed by atoms with E-state index in [4.69, 9.17) is 9.47 Å². The predicted molar refractivity (Wildman–Crippen MR) is 140 cm³/mol. The van der Waals surface area contributed by atoms with Gasteiger partial charge in [-0.3, -0.25) is 4.90 Å². The SMILES string of the molecule is COc1cc(F)c(C(C)C)cc1-c1ccc(OC(F)(F)F)cc1CN1C(=O)O[C@H](c2cc(C)cc(C(F)(F)F)c2)[C@@H]1C. The molecule has 0 unspecified atom stereocenters. The molecule has 0 N–H and O–H groups in total. The fourth-order valence-electron chi connectivity index (χ4n) is 5.04. The first-order valence-electron chi connectivity index (χ1n) is 12.9. The van der Waals surface area contributed by atoms with Gasteiger partial charge in [-0.2, -0.15) is 13.2 Å². The van der Waals surface area contributed by atoms with Crippen LogP contribution in [0.15, 0.2) is 48.5 Å². The average molecular weight is 600 g/mol. The number of hydrogen-bond donors (Lipinski definition) is 0. The lowest BCUT2D eigenvalue weighted by atomic mass is 9.92. The summed E-state index contributed by atoms with van der Waals surface area (Å²) in [4.78, 5) is 14.2. The van der Waals surface area contributed by atoms with E-state index in [1.165, 1.54) is 43.2 Å². The predicted octanol–water partition coefficient (Wildman–Crippen LogP) is 8.93. The molecule has 1 saturated heterocycles. The second-order valence-electron chi connectivity index (χ2n) is 10.4. The summed E-state index contributed by atoms with van der Waals surface area (Å²) < 4.78 is 109. The largest absolute Gasteiger partial charge is 0.573 e. The second kappa shape index (κ2) is 11.4. The molecule has 12 heteroatoms. The van der Waals surface area contributed by atoms with E-state index in [9.17, 15) is 35.5 Å². The number of hydrogen-bond acceptors (Lipinski definition) is 4. The number of carbonyl (C=O) groups excluding carboxylic acids is 1. The Balaban J connectivity index is 1.78. The second-order valence-corrected chi connectivity index (χ2v) is 10.4. The van der Waals surface area contributed by atoms with Gasteiger partial charge in [-0.25, -0.2) is 9.18 Å². The minimum Gasteiger partial charge on any atom is -0.496 e. The van der Waals surface area contributed by atoms with Gasteiger partial charge in [0.2, 0.25) is 0 Å². The molecule has 1 aliphatic heterocycles. The molecule has 0 bridgehead atoms. The number of alkyl halides is 6. The molecule has 0 saturated carbocycles. The van der Waals surface area contributed by atoms with Crippen molar-refractivity contribution in [3.05, 3.63) is 82.2 Å². The molecule has 1 fully saturated rings. The van der Waals surface area contributed by atoms with Crippen molar-refractivity contribution in [1.29, 1.82) is 0 Å². The van der Waals surface area contributed by atoms with Crippen molar-refractivity contribution in [2.75, 3.05) is 7.11 Å². The van der Waals surface area contributed by atoms with Gasteiger partial charge < -0.3 is 14.2 Å². The molecule has 5 nitrogen and oxygen atoms in total. The van der Waals surface area contributed by atoms with Crippen LogP contribution in [0.2, 0.25) is 0 Å². The highest BCUT2D eigenvalue weighted by Crippen LogP contribution is 2.42. The molecule has 226 valence electrons. The Bertz CT molecular complexity index is 1480. The molecule has 0 aromatic heterocycles. The van der Waals surface area contributed by atoms with Crippen molar-refractivity contribution in [1.82, 2.24) is 4.90 Å². The molecule has 4 rings (SSSR count). The molecule has 1 aliphatic rings. The molecule has 3 aromatic rings. The lowest BCUT2D eigenvalue weighted by Crippen LogP contribution is -2.31. The van der Waals surface area contributed by atoms with Crippen LogP contribution in [0.4, 0.5) is 35.5 Å². The summed E-state index contributed by atoms with van der Waals surface area (Å²) in [5.41, 5.74) is 0.750. The first-order valence-corrected chi connectivity index (χ1v) is 12.9. The summed E-state index contributed by atoms with van der Waals surface area (Å²) >= 11 is 0. The summed E-state index contributed by atoms with van der Waals surface area (Å²) in [5, 5.41) is 0. The van der Waals surface area contributed by atoms with Crippen LogP contribution in [0.5, 0.6) is 11.5 Å². The summed E-state index contributed by atoms with van der Waals surface area (Å²) in [5.74, 6) is -1.22. The lowest BCUT2D eigenvalue weighted by Gasteiger charge is -2.24. The summed E-state index contributed by atoms with van der Waals surface area (Å²) in [7, 11) is 1.32. The van der Waals surface area contributed by atoms with Crippen LogP contribution in [-0.4, -0.2) is 30.5 Å². The number of carbonyl (C=O) groups is 1. The Labute approximate surface area is 237 Å². The van der Waals surface area contributed by atoms with Crippen LogP contribution in [0.25, 0.3) is 11.1 Å². The van der Waals surface area contributed by atoms with Crippen LogP contribution in [-0.2, 0) is 17.5 Å². The third kappa shape index (κ3) is 6.57. The fraction of sp³-hybridized carbons (Fsp3) is 0.367. The van der Waals surface area contributed by atoms with Gasteiger partial charge in [0.1, 0.15) is 23.4 Å². The van der Waals surface area contributed by atoms with E-state index in [0.29, 0.717) is 22.3 Å². The monoisotopic (exact) mass is 599 g/mol. The number of methoxy groups -OCH3 is 1. The molecular weight excluding hydrogens is 571 g/mol. The highest BCUT2D eigenvalue weighted by molar-refractivity contribution is 5.77. The zero-order chi connectivity index (χ0) is 31.1. The number of nitrogens with zero attached hydrogens (tertiary/aromatic N) is 1. The highest BCUT2D eigenvalue weighted by atomic mass is 19.4. The molecule has 42 heavy (non-hydrogen) atoms. The number of benzene rings is 3. The zero-order valence-electron chi connectivity index (χ0n) is 23.3. The molecule has 2 atom stereocenters. The van der Waals surface area contributed by atoms with E-state index in [1.807, 2.05) is 0 Å². The van der Waals surface area contributed by atoms with Crippen molar-refractivity contribution in [3.63, 3.8) is 0 Å². The smallest absolute Gasteiger partial charge is 0.496 e. The van der Waals surface area contributed by atoms with Crippen molar-refractivity contribution in [2.45, 2.75) is 64.8 Å². The van der Waals surface area contributed by atoms with E-state index in [1.54, 1.807) is 20.8 Å². The van der Waals surface area contributed by atoms with Crippen LogP contribution in [0.3, 0.4) is 0 Å². The van der Waals surface area contributed by atoms with Gasteiger partial charge in [-0.05, 0) is 72.4 Å². The number of rotatable bonds is 7. The van der Waals surface area contributed by atoms with Gasteiger partial charge in [0.25, 0.3) is 0 Å². The van der Waals surface area contributed by atoms with Crippen molar-refractivity contribution >= 4 is 6.09 Å². The molecule has 0 aliphatic carbocycles. The van der Waals surface area contributed by atoms with Gasteiger partial charge in [0.05, 0.1) is 25.3 Å². The zero-order valence-corrected chi connectivity index (χ0v) is 23.3. The minimum absolute atomic E-state index is 0.108. The summed E-state index contributed by atoms with van der Waals surface area (Å²) in [6, 6.07) is 8.79. The Hall–Kier alpha value is -3.96. The fourth-order valence-corrected chi connectivity index (χ4v) is 5.04. The van der Waals surface area contributed by atoms with E-state index in [0.717, 1.165) is 24.3 Å². The molecule has 0 spiro atoms. The third-order valence-electron chi connectivity index (χ3n) is 7.03. The molecule has 0 radical (unpaired) electrons. The average Bonchev–Trinajstić information content (AvgIpc) is 3.15. The minimum atomic E-state index is -5.00. The molecule has 1 amide bonds. The number of aryl methyl sites for hydroxylation is 1. The van der Waals surface area contributed by atoms with Crippen molar-refractivity contribution < 1.29 is 49.7 Å². The van der Waals surface area contributed by atoms with Crippen molar-refractivity contribution in [3.8, 4) is 22.6 Å². The standard InChI is InChI=1S/C30H28F7NO4/c1-15(2)23-12-24(26(40-5)13-25(23)31)22-7-6-21(42-30(35,36)37)11-19(22)14-38-17(4)27(41-28(38)39)18-8-16(3)9-20(10-18)29(32,33)34/h6-13,15,17,27H,14H2,1-5H3/t17-,27-/m0/s1. The van der Waals surface area contributed by atoms with Gasteiger partial charge in [-0.15, -0.1) is 13.2 Å². The number of halogens is 7.